The molecule has 0 unspecified atom stereocenters. The van der Waals surface area contributed by atoms with Crippen LogP contribution in [0.3, 0.4) is 0 Å². The lowest BCUT2D eigenvalue weighted by atomic mass is 9.70. The predicted octanol–water partition coefficient (Wildman–Crippen LogP) is 2.02. The third-order valence-corrected chi connectivity index (χ3v) is 3.65. The minimum absolute atomic E-state index is 0.219. The molecule has 0 spiro atoms. The van der Waals surface area contributed by atoms with Gasteiger partial charge >= 0.3 is 5.97 Å². The molecule has 92 valence electrons. The third kappa shape index (κ3) is 2.33. The van der Waals surface area contributed by atoms with Crippen LogP contribution in [-0.2, 0) is 9.53 Å². The Morgan fingerprint density at radius 2 is 1.94 bits per heavy atom. The van der Waals surface area contributed by atoms with Gasteiger partial charge < -0.3 is 4.74 Å². The topological polar surface area (TPSA) is 69.4 Å². The van der Waals surface area contributed by atoms with Gasteiger partial charge in [-0.2, -0.15) is 0 Å². The van der Waals surface area contributed by atoms with Crippen LogP contribution >= 0.6 is 0 Å². The average molecular weight is 229 g/mol. The van der Waals surface area contributed by atoms with Gasteiger partial charge in [-0.25, -0.2) is 0 Å². The second-order valence-corrected chi connectivity index (χ2v) is 4.93. The van der Waals surface area contributed by atoms with E-state index >= 15 is 0 Å². The number of rotatable bonds is 3. The summed E-state index contributed by atoms with van der Waals surface area (Å²) in [5, 5.41) is 11.0. The first-order valence-electron chi connectivity index (χ1n) is 5.63. The van der Waals surface area contributed by atoms with Crippen LogP contribution in [0.4, 0.5) is 0 Å². The van der Waals surface area contributed by atoms with E-state index in [2.05, 4.69) is 0 Å². The Morgan fingerprint density at radius 1 is 1.38 bits per heavy atom. The van der Waals surface area contributed by atoms with Crippen molar-refractivity contribution in [3.8, 4) is 0 Å². The van der Waals surface area contributed by atoms with E-state index in [-0.39, 0.29) is 22.7 Å². The van der Waals surface area contributed by atoms with Crippen molar-refractivity contribution in [2.75, 3.05) is 7.11 Å². The van der Waals surface area contributed by atoms with Crippen LogP contribution in [0.15, 0.2) is 0 Å². The first-order chi connectivity index (χ1) is 7.41. The Labute approximate surface area is 95.3 Å². The highest BCUT2D eigenvalue weighted by atomic mass is 16.6. The summed E-state index contributed by atoms with van der Waals surface area (Å²) in [6.45, 7) is 3.19. The van der Waals surface area contributed by atoms with Crippen LogP contribution in [0.25, 0.3) is 0 Å². The Kier molecular flexibility index (Phi) is 3.88. The van der Waals surface area contributed by atoms with Crippen LogP contribution in [0.5, 0.6) is 0 Å². The van der Waals surface area contributed by atoms with E-state index in [1.165, 1.54) is 7.11 Å². The maximum atomic E-state index is 11.6. The number of hydrogen-bond donors (Lipinski definition) is 0. The fourth-order valence-electron chi connectivity index (χ4n) is 2.55. The van der Waals surface area contributed by atoms with E-state index in [0.717, 1.165) is 19.3 Å². The van der Waals surface area contributed by atoms with E-state index in [4.69, 9.17) is 4.74 Å². The zero-order valence-corrected chi connectivity index (χ0v) is 10.1. The molecule has 0 bridgehead atoms. The molecule has 1 saturated carbocycles. The van der Waals surface area contributed by atoms with Gasteiger partial charge in [-0.3, -0.25) is 14.9 Å². The fourth-order valence-corrected chi connectivity index (χ4v) is 2.55. The maximum Gasteiger partial charge on any atom is 0.309 e. The summed E-state index contributed by atoms with van der Waals surface area (Å²) in [4.78, 5) is 22.4. The molecule has 1 aliphatic rings. The zero-order chi connectivity index (χ0) is 12.3. The molecule has 1 aliphatic carbocycles. The summed E-state index contributed by atoms with van der Waals surface area (Å²) < 4.78 is 4.73. The van der Waals surface area contributed by atoms with E-state index in [1.54, 1.807) is 13.8 Å². The summed E-state index contributed by atoms with van der Waals surface area (Å²) in [6.07, 6.45) is 3.34. The smallest absolute Gasteiger partial charge is 0.309 e. The summed E-state index contributed by atoms with van der Waals surface area (Å²) in [5.74, 6) is -0.845. The molecule has 2 atom stereocenters. The minimum atomic E-state index is -1.06. The number of carbonyl (C=O) groups excluding carboxylic acids is 1. The van der Waals surface area contributed by atoms with Crippen LogP contribution in [-0.4, -0.2) is 23.5 Å². The molecule has 0 aromatic heterocycles. The molecule has 0 aliphatic heterocycles. The Bertz CT molecular complexity index is 288. The molecule has 0 radical (unpaired) electrons. The summed E-state index contributed by atoms with van der Waals surface area (Å²) in [7, 11) is 1.34. The predicted molar refractivity (Wildman–Crippen MR) is 58.5 cm³/mol. The van der Waals surface area contributed by atoms with E-state index in [9.17, 15) is 14.9 Å². The number of carbonyl (C=O) groups is 1. The van der Waals surface area contributed by atoms with Crippen LogP contribution in [0, 0.1) is 22.0 Å². The van der Waals surface area contributed by atoms with Gasteiger partial charge in [0.1, 0.15) is 0 Å². The van der Waals surface area contributed by atoms with Gasteiger partial charge in [-0.15, -0.1) is 0 Å². The number of nitrogens with zero attached hydrogens (tertiary/aromatic N) is 1. The lowest BCUT2D eigenvalue weighted by Crippen LogP contribution is -2.47. The highest BCUT2D eigenvalue weighted by molar-refractivity contribution is 5.72. The molecule has 1 fully saturated rings. The summed E-state index contributed by atoms with van der Waals surface area (Å²) in [5.41, 5.74) is -1.06. The largest absolute Gasteiger partial charge is 0.469 e. The van der Waals surface area contributed by atoms with Gasteiger partial charge in [0.25, 0.3) is 0 Å². The molecule has 16 heavy (non-hydrogen) atoms. The Balaban J connectivity index is 2.90. The van der Waals surface area contributed by atoms with Crippen LogP contribution in [0.1, 0.15) is 39.5 Å². The monoisotopic (exact) mass is 229 g/mol. The molecule has 0 amide bonds. The van der Waals surface area contributed by atoms with E-state index < -0.39 is 5.54 Å². The molecule has 0 heterocycles. The van der Waals surface area contributed by atoms with Gasteiger partial charge in [-0.1, -0.05) is 12.8 Å². The number of hydrogen-bond acceptors (Lipinski definition) is 4. The Hall–Kier alpha value is -1.13. The fraction of sp³-hybridized carbons (Fsp3) is 0.909. The van der Waals surface area contributed by atoms with Crippen molar-refractivity contribution in [2.45, 2.75) is 45.1 Å². The molecule has 0 N–H and O–H groups in total. The number of nitro groups is 1. The lowest BCUT2D eigenvalue weighted by molar-refractivity contribution is -0.574. The van der Waals surface area contributed by atoms with Gasteiger partial charge in [0, 0.05) is 24.7 Å². The number of esters is 1. The van der Waals surface area contributed by atoms with Gasteiger partial charge in [0.2, 0.25) is 5.54 Å². The molecule has 5 nitrogen and oxygen atoms in total. The lowest BCUT2D eigenvalue weighted by Gasteiger charge is -2.35. The second kappa shape index (κ2) is 4.80. The highest BCUT2D eigenvalue weighted by Gasteiger charge is 2.48. The van der Waals surface area contributed by atoms with Gasteiger partial charge in [0.15, 0.2) is 0 Å². The number of methoxy groups -OCH3 is 1. The molecule has 5 heteroatoms. The normalized spacial score (nSPS) is 26.2. The van der Waals surface area contributed by atoms with Crippen LogP contribution < -0.4 is 0 Å². The first kappa shape index (κ1) is 12.9. The quantitative estimate of drug-likeness (QED) is 0.421. The zero-order valence-electron chi connectivity index (χ0n) is 10.1. The van der Waals surface area contributed by atoms with Crippen molar-refractivity contribution in [1.82, 2.24) is 0 Å². The molecular weight excluding hydrogens is 210 g/mol. The molecular formula is C11H19NO4. The van der Waals surface area contributed by atoms with Crippen molar-refractivity contribution < 1.29 is 14.5 Å². The van der Waals surface area contributed by atoms with Gasteiger partial charge in [-0.05, 0) is 12.8 Å². The highest BCUT2D eigenvalue weighted by Crippen LogP contribution is 2.39. The van der Waals surface area contributed by atoms with Crippen molar-refractivity contribution >= 4 is 5.97 Å². The SMILES string of the molecule is COC(=O)[C@@H]1CCCC[C@H]1C(C)(C)[N+](=O)[O-]. The van der Waals surface area contributed by atoms with Crippen molar-refractivity contribution in [2.24, 2.45) is 11.8 Å². The van der Waals surface area contributed by atoms with Crippen molar-refractivity contribution in [3.63, 3.8) is 0 Å². The third-order valence-electron chi connectivity index (χ3n) is 3.65. The second-order valence-electron chi connectivity index (χ2n) is 4.93. The van der Waals surface area contributed by atoms with Crippen molar-refractivity contribution in [3.05, 3.63) is 10.1 Å². The minimum Gasteiger partial charge on any atom is -0.469 e. The molecule has 1 rings (SSSR count). The number of ether oxygens (including phenoxy) is 1. The van der Waals surface area contributed by atoms with E-state index in [1.807, 2.05) is 0 Å². The summed E-state index contributed by atoms with van der Waals surface area (Å²) >= 11 is 0. The van der Waals surface area contributed by atoms with Crippen LogP contribution in [0.2, 0.25) is 0 Å². The molecule has 0 saturated heterocycles. The standard InChI is InChI=1S/C11H19NO4/c1-11(2,12(14)15)9-7-5-4-6-8(9)10(13)16-3/h8-9H,4-7H2,1-3H3/t8-,9-/m1/s1. The Morgan fingerprint density at radius 3 is 2.44 bits per heavy atom. The van der Waals surface area contributed by atoms with Crippen molar-refractivity contribution in [1.29, 1.82) is 0 Å². The molecule has 0 aromatic rings. The van der Waals surface area contributed by atoms with E-state index in [0.29, 0.717) is 6.42 Å². The maximum absolute atomic E-state index is 11.6. The summed E-state index contributed by atoms with van der Waals surface area (Å²) in [6, 6.07) is 0. The van der Waals surface area contributed by atoms with Gasteiger partial charge in [0.05, 0.1) is 13.0 Å². The first-order valence-corrected chi connectivity index (χ1v) is 5.63. The molecule has 0 aromatic carbocycles. The average Bonchev–Trinajstić information content (AvgIpc) is 2.27.